The Balaban J connectivity index is 2.88. The average molecular weight is 154 g/mol. The van der Waals surface area contributed by atoms with Crippen molar-refractivity contribution in [1.82, 2.24) is 0 Å². The van der Waals surface area contributed by atoms with Crippen LogP contribution in [0.2, 0.25) is 0 Å². The molecule has 0 N–H and O–H groups in total. The van der Waals surface area contributed by atoms with Crippen molar-refractivity contribution in [2.75, 3.05) is 0 Å². The Labute approximate surface area is 65.0 Å². The summed E-state index contributed by atoms with van der Waals surface area (Å²) < 4.78 is 4.37. The van der Waals surface area contributed by atoms with E-state index in [1.807, 2.05) is 13.8 Å². The number of rotatable bonds is 1. The second kappa shape index (κ2) is 2.49. The van der Waals surface area contributed by atoms with Gasteiger partial charge in [0, 0.05) is 5.57 Å². The van der Waals surface area contributed by atoms with Gasteiger partial charge in [-0.1, -0.05) is 20.4 Å². The molecule has 0 aromatic rings. The molecule has 1 unspecified atom stereocenters. The van der Waals surface area contributed by atoms with Crippen molar-refractivity contribution in [2.45, 2.75) is 13.8 Å². The van der Waals surface area contributed by atoms with Gasteiger partial charge in [0.15, 0.2) is 0 Å². The van der Waals surface area contributed by atoms with E-state index in [2.05, 4.69) is 11.3 Å². The van der Waals surface area contributed by atoms with Gasteiger partial charge < -0.3 is 4.74 Å². The van der Waals surface area contributed by atoms with Crippen molar-refractivity contribution in [3.8, 4) is 0 Å². The van der Waals surface area contributed by atoms with Gasteiger partial charge >= 0.3 is 11.9 Å². The molecule has 0 aromatic carbocycles. The highest BCUT2D eigenvalue weighted by Gasteiger charge is 2.39. The maximum Gasteiger partial charge on any atom is 0.341 e. The second-order valence-corrected chi connectivity index (χ2v) is 2.96. The minimum absolute atomic E-state index is 0.0847. The molecule has 0 aliphatic carbocycles. The molecular formula is C8H10O3. The first-order valence-electron chi connectivity index (χ1n) is 3.49. The lowest BCUT2D eigenvalue weighted by Crippen LogP contribution is -2.15. The van der Waals surface area contributed by atoms with Gasteiger partial charge in [-0.3, -0.25) is 4.79 Å². The molecule has 3 nitrogen and oxygen atoms in total. The van der Waals surface area contributed by atoms with E-state index in [1.165, 1.54) is 0 Å². The summed E-state index contributed by atoms with van der Waals surface area (Å²) in [6.07, 6.45) is 0. The molecule has 1 atom stereocenters. The van der Waals surface area contributed by atoms with Crippen LogP contribution in [0.25, 0.3) is 0 Å². The van der Waals surface area contributed by atoms with E-state index < -0.39 is 17.9 Å². The third kappa shape index (κ3) is 1.18. The molecule has 0 saturated carbocycles. The molecule has 0 bridgehead atoms. The molecule has 1 fully saturated rings. The van der Waals surface area contributed by atoms with E-state index in [0.29, 0.717) is 0 Å². The summed E-state index contributed by atoms with van der Waals surface area (Å²) in [5.74, 6) is -1.38. The Hall–Kier alpha value is -1.12. The van der Waals surface area contributed by atoms with Gasteiger partial charge in [0.1, 0.15) is 0 Å². The molecule has 3 heteroatoms. The van der Waals surface area contributed by atoms with Crippen LogP contribution in [0.15, 0.2) is 12.2 Å². The highest BCUT2D eigenvalue weighted by molar-refractivity contribution is 6.07. The molecule has 1 aliphatic rings. The van der Waals surface area contributed by atoms with Gasteiger partial charge in [0.05, 0.1) is 5.92 Å². The van der Waals surface area contributed by atoms with E-state index in [0.717, 1.165) is 0 Å². The van der Waals surface area contributed by atoms with Gasteiger partial charge in [-0.05, 0) is 5.92 Å². The Morgan fingerprint density at radius 1 is 1.45 bits per heavy atom. The minimum atomic E-state index is -0.575. The zero-order chi connectivity index (χ0) is 8.59. The zero-order valence-electron chi connectivity index (χ0n) is 6.59. The number of carbonyl (C=O) groups is 2. The average Bonchev–Trinajstić information content (AvgIpc) is 2.07. The van der Waals surface area contributed by atoms with Crippen LogP contribution in [-0.4, -0.2) is 11.9 Å². The maximum atomic E-state index is 10.9. The monoisotopic (exact) mass is 154 g/mol. The summed E-state index contributed by atoms with van der Waals surface area (Å²) >= 11 is 0. The normalized spacial score (nSPS) is 24.6. The van der Waals surface area contributed by atoms with Crippen LogP contribution < -0.4 is 0 Å². The fourth-order valence-electron chi connectivity index (χ4n) is 1.16. The molecule has 60 valence electrons. The molecular weight excluding hydrogens is 144 g/mol. The minimum Gasteiger partial charge on any atom is -0.389 e. The number of cyclic esters (lactones) is 2. The highest BCUT2D eigenvalue weighted by atomic mass is 16.6. The van der Waals surface area contributed by atoms with Crippen LogP contribution >= 0.6 is 0 Å². The van der Waals surface area contributed by atoms with Gasteiger partial charge in [0.2, 0.25) is 0 Å². The van der Waals surface area contributed by atoms with Crippen molar-refractivity contribution >= 4 is 11.9 Å². The largest absolute Gasteiger partial charge is 0.389 e. The first-order chi connectivity index (χ1) is 5.04. The van der Waals surface area contributed by atoms with Crippen molar-refractivity contribution < 1.29 is 14.3 Å². The number of hydrogen-bond acceptors (Lipinski definition) is 3. The van der Waals surface area contributed by atoms with Crippen LogP contribution in [0.3, 0.4) is 0 Å². The number of hydrogen-bond donors (Lipinski definition) is 0. The van der Waals surface area contributed by atoms with Crippen molar-refractivity contribution in [3.63, 3.8) is 0 Å². The standard InChI is InChI=1S/C8H10O3/c1-4(2)6-5(3)7(9)11-8(6)10/h4,6H,3H2,1-2H3. The molecule has 0 radical (unpaired) electrons. The van der Waals surface area contributed by atoms with Crippen LogP contribution in [0, 0.1) is 11.8 Å². The summed E-state index contributed by atoms with van der Waals surface area (Å²) in [7, 11) is 0. The molecule has 0 spiro atoms. The van der Waals surface area contributed by atoms with Gasteiger partial charge in [-0.2, -0.15) is 0 Å². The number of esters is 2. The van der Waals surface area contributed by atoms with Gasteiger partial charge in [-0.15, -0.1) is 0 Å². The topological polar surface area (TPSA) is 43.4 Å². The summed E-state index contributed by atoms with van der Waals surface area (Å²) in [5.41, 5.74) is 0.282. The first-order valence-corrected chi connectivity index (χ1v) is 3.49. The lowest BCUT2D eigenvalue weighted by atomic mass is 9.91. The third-order valence-electron chi connectivity index (χ3n) is 1.75. The fourth-order valence-corrected chi connectivity index (χ4v) is 1.16. The Kier molecular flexibility index (Phi) is 1.81. The Morgan fingerprint density at radius 2 is 2.00 bits per heavy atom. The van der Waals surface area contributed by atoms with E-state index in [1.54, 1.807) is 0 Å². The van der Waals surface area contributed by atoms with Crippen LogP contribution in [-0.2, 0) is 14.3 Å². The number of carbonyl (C=O) groups excluding carboxylic acids is 2. The molecule has 0 amide bonds. The predicted molar refractivity (Wildman–Crippen MR) is 38.6 cm³/mol. The van der Waals surface area contributed by atoms with E-state index in [9.17, 15) is 9.59 Å². The molecule has 0 aromatic heterocycles. The molecule has 1 aliphatic heterocycles. The first kappa shape index (κ1) is 7.98. The smallest absolute Gasteiger partial charge is 0.341 e. The Bertz CT molecular complexity index is 227. The lowest BCUT2D eigenvalue weighted by Gasteiger charge is -2.07. The van der Waals surface area contributed by atoms with Crippen molar-refractivity contribution in [2.24, 2.45) is 11.8 Å². The molecule has 1 saturated heterocycles. The quantitative estimate of drug-likeness (QED) is 0.320. The molecule has 1 rings (SSSR count). The van der Waals surface area contributed by atoms with E-state index in [4.69, 9.17) is 0 Å². The molecule has 1 heterocycles. The van der Waals surface area contributed by atoms with Gasteiger partial charge in [0.25, 0.3) is 0 Å². The predicted octanol–water partition coefficient (Wildman–Crippen LogP) is 0.898. The number of ether oxygens (including phenoxy) is 1. The summed E-state index contributed by atoms with van der Waals surface area (Å²) in [6.45, 7) is 7.21. The summed E-state index contributed by atoms with van der Waals surface area (Å²) in [6, 6.07) is 0. The third-order valence-corrected chi connectivity index (χ3v) is 1.75. The molecule has 11 heavy (non-hydrogen) atoms. The van der Waals surface area contributed by atoms with E-state index in [-0.39, 0.29) is 11.5 Å². The maximum absolute atomic E-state index is 10.9. The highest BCUT2D eigenvalue weighted by Crippen LogP contribution is 2.27. The van der Waals surface area contributed by atoms with Crippen LogP contribution in [0.4, 0.5) is 0 Å². The van der Waals surface area contributed by atoms with E-state index >= 15 is 0 Å². The van der Waals surface area contributed by atoms with Crippen LogP contribution in [0.1, 0.15) is 13.8 Å². The zero-order valence-corrected chi connectivity index (χ0v) is 6.59. The van der Waals surface area contributed by atoms with Gasteiger partial charge in [-0.25, -0.2) is 4.79 Å². The lowest BCUT2D eigenvalue weighted by molar-refractivity contribution is -0.153. The second-order valence-electron chi connectivity index (χ2n) is 2.96. The summed E-state index contributed by atoms with van der Waals surface area (Å²) in [4.78, 5) is 21.7. The summed E-state index contributed by atoms with van der Waals surface area (Å²) in [5, 5.41) is 0. The Morgan fingerprint density at radius 3 is 2.18 bits per heavy atom. The van der Waals surface area contributed by atoms with Crippen LogP contribution in [0.5, 0.6) is 0 Å². The van der Waals surface area contributed by atoms with Crippen molar-refractivity contribution in [1.29, 1.82) is 0 Å². The van der Waals surface area contributed by atoms with Crippen molar-refractivity contribution in [3.05, 3.63) is 12.2 Å². The fraction of sp³-hybridized carbons (Fsp3) is 0.500. The SMILES string of the molecule is C=C1C(=O)OC(=O)C1C(C)C.